The van der Waals surface area contributed by atoms with Crippen molar-refractivity contribution < 1.29 is 19.4 Å². The first-order valence-electron chi connectivity index (χ1n) is 3.07. The predicted octanol–water partition coefficient (Wildman–Crippen LogP) is -0.169. The van der Waals surface area contributed by atoms with Crippen molar-refractivity contribution >= 4 is 12.3 Å². The van der Waals surface area contributed by atoms with Gasteiger partial charge in [0.1, 0.15) is 0 Å². The summed E-state index contributed by atoms with van der Waals surface area (Å²) in [5, 5.41) is 19.3. The number of carboxylic acids is 1. The third kappa shape index (κ3) is 1.24. The fraction of sp³-hybridized carbons (Fsp3) is 0. The van der Waals surface area contributed by atoms with Crippen molar-refractivity contribution in [2.75, 3.05) is 0 Å². The van der Waals surface area contributed by atoms with Gasteiger partial charge in [-0.3, -0.25) is 4.79 Å². The van der Waals surface area contributed by atoms with Crippen molar-refractivity contribution in [3.8, 4) is 0 Å². The zero-order valence-corrected chi connectivity index (χ0v) is 5.93. The molecule has 5 nitrogen and oxygen atoms in total. The molecule has 0 atom stereocenters. The number of carbonyl (C=O) groups is 2. The van der Waals surface area contributed by atoms with Crippen LogP contribution in [0.5, 0.6) is 0 Å². The van der Waals surface area contributed by atoms with Crippen LogP contribution in [0.3, 0.4) is 0 Å². The van der Waals surface area contributed by atoms with Gasteiger partial charge in [-0.15, -0.1) is 0 Å². The Morgan fingerprint density at radius 3 is 2.75 bits per heavy atom. The third-order valence-electron chi connectivity index (χ3n) is 1.32. The molecule has 1 heterocycles. The number of aromatic nitrogens is 1. The maximum atomic E-state index is 10.8. The Morgan fingerprint density at radius 1 is 1.67 bits per heavy atom. The summed E-state index contributed by atoms with van der Waals surface area (Å²) in [7, 11) is 0. The van der Waals surface area contributed by atoms with Crippen LogP contribution in [0.2, 0.25) is 0 Å². The average Bonchev–Trinajstić information content (AvgIpc) is 2.03. The molecule has 5 heteroatoms. The molecule has 1 N–H and O–H groups in total. The first-order chi connectivity index (χ1) is 5.66. The molecule has 0 radical (unpaired) electrons. The summed E-state index contributed by atoms with van der Waals surface area (Å²) in [4.78, 5) is 20.7. The van der Waals surface area contributed by atoms with Crippen LogP contribution in [-0.2, 0) is 0 Å². The molecule has 0 saturated carbocycles. The van der Waals surface area contributed by atoms with Gasteiger partial charge in [0.15, 0.2) is 12.5 Å². The summed E-state index contributed by atoms with van der Waals surface area (Å²) in [6, 6.07) is 2.58. The number of hydrogen-bond donors (Lipinski definition) is 1. The predicted molar refractivity (Wildman–Crippen MR) is 37.7 cm³/mol. The van der Waals surface area contributed by atoms with Gasteiger partial charge in [0, 0.05) is 6.07 Å². The van der Waals surface area contributed by atoms with Gasteiger partial charge in [0.2, 0.25) is 0 Å². The molecule has 0 aliphatic rings. The number of hydrogen-bond acceptors (Lipinski definition) is 3. The Balaban J connectivity index is 3.39. The van der Waals surface area contributed by atoms with E-state index in [0.29, 0.717) is 6.29 Å². The largest absolute Gasteiger partial charge is 0.618 e. The molecule has 1 aromatic heterocycles. The number of aromatic carboxylic acids is 1. The molecule has 1 rings (SSSR count). The van der Waals surface area contributed by atoms with Crippen molar-refractivity contribution in [3.63, 3.8) is 0 Å². The molecule has 0 amide bonds. The second kappa shape index (κ2) is 3.00. The van der Waals surface area contributed by atoms with Crippen molar-refractivity contribution in [2.24, 2.45) is 0 Å². The molecule has 0 fully saturated rings. The Morgan fingerprint density at radius 2 is 2.33 bits per heavy atom. The first-order valence-corrected chi connectivity index (χ1v) is 3.07. The Labute approximate surface area is 67.5 Å². The molecule has 0 aliphatic heterocycles. The molecule has 0 aliphatic carbocycles. The third-order valence-corrected chi connectivity index (χ3v) is 1.32. The highest BCUT2D eigenvalue weighted by molar-refractivity contribution is 5.93. The maximum absolute atomic E-state index is 10.8. The van der Waals surface area contributed by atoms with Gasteiger partial charge < -0.3 is 10.3 Å². The van der Waals surface area contributed by atoms with Crippen LogP contribution in [-0.4, -0.2) is 17.4 Å². The van der Waals surface area contributed by atoms with Crippen molar-refractivity contribution in [1.82, 2.24) is 0 Å². The SMILES string of the molecule is O=Cc1ccc[n+]([O-])c1C(=O)O. The van der Waals surface area contributed by atoms with Gasteiger partial charge in [0.05, 0.1) is 5.56 Å². The summed E-state index contributed by atoms with van der Waals surface area (Å²) < 4.78 is 0.145. The minimum Gasteiger partial charge on any atom is -0.618 e. The van der Waals surface area contributed by atoms with Crippen LogP contribution >= 0.6 is 0 Å². The lowest BCUT2D eigenvalue weighted by atomic mass is 10.2. The molecule has 0 saturated heterocycles. The zero-order valence-electron chi connectivity index (χ0n) is 5.93. The fourth-order valence-electron chi connectivity index (χ4n) is 0.818. The van der Waals surface area contributed by atoms with Crippen LogP contribution < -0.4 is 4.73 Å². The summed E-state index contributed by atoms with van der Waals surface area (Å²) in [5.74, 6) is -1.41. The van der Waals surface area contributed by atoms with Crippen LogP contribution in [0, 0.1) is 5.21 Å². The van der Waals surface area contributed by atoms with Crippen molar-refractivity contribution in [2.45, 2.75) is 0 Å². The quantitative estimate of drug-likeness (QED) is 0.376. The minimum absolute atomic E-state index is 0.125. The zero-order chi connectivity index (χ0) is 9.14. The standard InChI is InChI=1S/C7H5NO4/c9-4-5-2-1-3-8(12)6(5)7(10)11/h1-4H,(H,10,11). The smallest absolute Gasteiger partial charge is 0.403 e. The lowest BCUT2D eigenvalue weighted by molar-refractivity contribution is -0.608. The van der Waals surface area contributed by atoms with Gasteiger partial charge in [-0.25, -0.2) is 4.79 Å². The Hall–Kier alpha value is -1.91. The van der Waals surface area contributed by atoms with E-state index in [0.717, 1.165) is 6.20 Å². The van der Waals surface area contributed by atoms with Crippen LogP contribution in [0.4, 0.5) is 0 Å². The second-order valence-electron chi connectivity index (χ2n) is 2.06. The molecular weight excluding hydrogens is 162 g/mol. The normalized spacial score (nSPS) is 9.33. The second-order valence-corrected chi connectivity index (χ2v) is 2.06. The van der Waals surface area contributed by atoms with Crippen LogP contribution in [0.1, 0.15) is 20.8 Å². The monoisotopic (exact) mass is 167 g/mol. The van der Waals surface area contributed by atoms with Crippen LogP contribution in [0.25, 0.3) is 0 Å². The molecule has 1 aromatic rings. The number of carbonyl (C=O) groups excluding carboxylic acids is 1. The van der Waals surface area contributed by atoms with Gasteiger partial charge in [0.25, 0.3) is 0 Å². The highest BCUT2D eigenvalue weighted by atomic mass is 16.5. The van der Waals surface area contributed by atoms with E-state index in [1.165, 1.54) is 12.1 Å². The lowest BCUT2D eigenvalue weighted by Crippen LogP contribution is -2.35. The van der Waals surface area contributed by atoms with Gasteiger partial charge >= 0.3 is 11.7 Å². The fourth-order valence-corrected chi connectivity index (χ4v) is 0.818. The number of pyridine rings is 1. The first kappa shape index (κ1) is 8.19. The van der Waals surface area contributed by atoms with Gasteiger partial charge in [-0.1, -0.05) is 0 Å². The molecule has 0 aromatic carbocycles. The lowest BCUT2D eigenvalue weighted by Gasteiger charge is -2.00. The summed E-state index contributed by atoms with van der Waals surface area (Å²) in [6.07, 6.45) is 1.36. The Bertz CT molecular complexity index is 334. The summed E-state index contributed by atoms with van der Waals surface area (Å²) in [6.45, 7) is 0. The number of carboxylic acid groups (broad SMARTS) is 1. The highest BCUT2D eigenvalue weighted by Gasteiger charge is 2.19. The molecule has 0 bridgehead atoms. The Kier molecular flexibility index (Phi) is 2.05. The number of nitrogens with zero attached hydrogens (tertiary/aromatic N) is 1. The van der Waals surface area contributed by atoms with E-state index in [9.17, 15) is 14.8 Å². The average molecular weight is 167 g/mol. The van der Waals surface area contributed by atoms with E-state index >= 15 is 0 Å². The summed E-state index contributed by atoms with van der Waals surface area (Å²) >= 11 is 0. The van der Waals surface area contributed by atoms with E-state index in [1.54, 1.807) is 0 Å². The van der Waals surface area contributed by atoms with Crippen molar-refractivity contribution in [3.05, 3.63) is 34.8 Å². The molecular formula is C7H5NO4. The van der Waals surface area contributed by atoms with Gasteiger partial charge in [-0.05, 0) is 6.07 Å². The molecule has 0 spiro atoms. The maximum Gasteiger partial charge on any atom is 0.403 e. The number of rotatable bonds is 2. The molecule has 62 valence electrons. The van der Waals surface area contributed by atoms with Gasteiger partial charge in [-0.2, -0.15) is 4.73 Å². The van der Waals surface area contributed by atoms with E-state index in [1.807, 2.05) is 0 Å². The topological polar surface area (TPSA) is 81.3 Å². The molecule has 12 heavy (non-hydrogen) atoms. The van der Waals surface area contributed by atoms with E-state index in [4.69, 9.17) is 5.11 Å². The minimum atomic E-state index is -1.41. The van der Waals surface area contributed by atoms with Crippen LogP contribution in [0.15, 0.2) is 18.3 Å². The summed E-state index contributed by atoms with van der Waals surface area (Å²) in [5.41, 5.74) is -0.674. The van der Waals surface area contributed by atoms with E-state index < -0.39 is 11.7 Å². The van der Waals surface area contributed by atoms with E-state index in [-0.39, 0.29) is 10.3 Å². The highest BCUT2D eigenvalue weighted by Crippen LogP contribution is 1.99. The number of aldehydes is 1. The van der Waals surface area contributed by atoms with E-state index in [2.05, 4.69) is 0 Å². The van der Waals surface area contributed by atoms with Crippen molar-refractivity contribution in [1.29, 1.82) is 0 Å². The molecule has 0 unspecified atom stereocenters.